The van der Waals surface area contributed by atoms with E-state index in [0.29, 0.717) is 37.8 Å². The summed E-state index contributed by atoms with van der Waals surface area (Å²) < 4.78 is 17.2. The zero-order valence-corrected chi connectivity index (χ0v) is 18.7. The molecule has 6 nitrogen and oxygen atoms in total. The van der Waals surface area contributed by atoms with Crippen molar-refractivity contribution in [2.75, 3.05) is 44.8 Å². The molecule has 0 aliphatic heterocycles. The van der Waals surface area contributed by atoms with Crippen molar-refractivity contribution >= 4 is 11.8 Å². The van der Waals surface area contributed by atoms with Gasteiger partial charge in [-0.2, -0.15) is 0 Å². The minimum atomic E-state index is -0.481. The van der Waals surface area contributed by atoms with Crippen LogP contribution in [0, 0.1) is 0 Å². The van der Waals surface area contributed by atoms with Gasteiger partial charge in [-0.05, 0) is 38.1 Å². The fourth-order valence-corrected chi connectivity index (χ4v) is 2.88. The predicted molar refractivity (Wildman–Crippen MR) is 119 cm³/mol. The zero-order valence-electron chi connectivity index (χ0n) is 18.7. The first-order chi connectivity index (χ1) is 14.1. The number of carbonyl (C=O) groups is 1. The Hall–Kier alpha value is -1.79. The summed E-state index contributed by atoms with van der Waals surface area (Å²) in [6.07, 6.45) is 4.56. The third-order valence-corrected chi connectivity index (χ3v) is 4.71. The van der Waals surface area contributed by atoms with Crippen molar-refractivity contribution in [3.8, 4) is 5.75 Å². The van der Waals surface area contributed by atoms with Crippen molar-refractivity contribution in [2.24, 2.45) is 0 Å². The van der Waals surface area contributed by atoms with Crippen LogP contribution < -0.4 is 10.1 Å². The number of nitrogens with one attached hydrogen (secondary N) is 1. The number of benzene rings is 1. The highest BCUT2D eigenvalue weighted by atomic mass is 16.6. The molecule has 0 aromatic heterocycles. The molecule has 0 saturated carbocycles. The molecule has 0 fully saturated rings. The highest BCUT2D eigenvalue weighted by Crippen LogP contribution is 2.24. The lowest BCUT2D eigenvalue weighted by Gasteiger charge is -2.25. The number of hydrogen-bond acceptors (Lipinski definition) is 5. The van der Waals surface area contributed by atoms with Gasteiger partial charge < -0.3 is 19.1 Å². The number of carbonyl (C=O) groups excluding carboxylic acids is 1. The van der Waals surface area contributed by atoms with E-state index in [1.807, 2.05) is 24.3 Å². The zero-order chi connectivity index (χ0) is 21.3. The summed E-state index contributed by atoms with van der Waals surface area (Å²) in [6, 6.07) is 7.46. The Morgan fingerprint density at radius 3 is 2.41 bits per heavy atom. The number of para-hydroxylation sites is 2. The summed E-state index contributed by atoms with van der Waals surface area (Å²) in [5.74, 6) is 0.667. The van der Waals surface area contributed by atoms with Crippen LogP contribution in [0.3, 0.4) is 0 Å². The second kappa shape index (κ2) is 16.1. The number of ether oxygens (including phenoxy) is 3. The lowest BCUT2D eigenvalue weighted by Crippen LogP contribution is -2.38. The van der Waals surface area contributed by atoms with Crippen molar-refractivity contribution in [2.45, 2.75) is 65.9 Å². The molecular formula is C23H40N2O4. The molecule has 0 bridgehead atoms. The average Bonchev–Trinajstić information content (AvgIpc) is 2.73. The molecule has 0 radical (unpaired) electrons. The van der Waals surface area contributed by atoms with Crippen LogP contribution in [0.2, 0.25) is 0 Å². The molecule has 1 amide bonds. The Balaban J connectivity index is 2.64. The van der Waals surface area contributed by atoms with Crippen LogP contribution >= 0.6 is 0 Å². The SMILES string of the molecule is CCCCCOc1ccccc1NC(=O)OC(COCCCC)CN(CC)CC. The predicted octanol–water partition coefficient (Wildman–Crippen LogP) is 5.33. The minimum absolute atomic E-state index is 0.315. The normalized spacial score (nSPS) is 12.0. The lowest BCUT2D eigenvalue weighted by molar-refractivity contribution is 0.00804. The van der Waals surface area contributed by atoms with Gasteiger partial charge in [0.15, 0.2) is 0 Å². The van der Waals surface area contributed by atoms with E-state index in [-0.39, 0.29) is 6.10 Å². The van der Waals surface area contributed by atoms with Crippen molar-refractivity contribution in [1.29, 1.82) is 0 Å². The van der Waals surface area contributed by atoms with Gasteiger partial charge in [-0.15, -0.1) is 0 Å². The number of rotatable bonds is 16. The van der Waals surface area contributed by atoms with E-state index in [4.69, 9.17) is 14.2 Å². The van der Waals surface area contributed by atoms with Crippen LogP contribution in [0.1, 0.15) is 59.8 Å². The van der Waals surface area contributed by atoms with E-state index < -0.39 is 6.09 Å². The van der Waals surface area contributed by atoms with Crippen LogP contribution in [0.5, 0.6) is 5.75 Å². The summed E-state index contributed by atoms with van der Waals surface area (Å²) in [7, 11) is 0. The Labute approximate surface area is 176 Å². The molecule has 0 spiro atoms. The number of unbranched alkanes of at least 4 members (excludes halogenated alkanes) is 3. The second-order valence-corrected chi connectivity index (χ2v) is 7.12. The van der Waals surface area contributed by atoms with E-state index >= 15 is 0 Å². The van der Waals surface area contributed by atoms with E-state index in [9.17, 15) is 4.79 Å². The van der Waals surface area contributed by atoms with Crippen LogP contribution in [0.25, 0.3) is 0 Å². The summed E-state index contributed by atoms with van der Waals surface area (Å²) in [5, 5.41) is 2.83. The highest BCUT2D eigenvalue weighted by Gasteiger charge is 2.18. The molecule has 0 aliphatic carbocycles. The molecule has 0 saturated heterocycles. The molecule has 1 atom stereocenters. The molecule has 1 rings (SSSR count). The molecule has 1 aromatic rings. The first-order valence-corrected chi connectivity index (χ1v) is 11.1. The summed E-state index contributed by atoms with van der Waals surface area (Å²) >= 11 is 0. The van der Waals surface area contributed by atoms with Gasteiger partial charge in [0.25, 0.3) is 0 Å². The monoisotopic (exact) mass is 408 g/mol. The van der Waals surface area contributed by atoms with Gasteiger partial charge in [0.1, 0.15) is 11.9 Å². The number of anilines is 1. The molecule has 1 unspecified atom stereocenters. The molecule has 1 aromatic carbocycles. The smallest absolute Gasteiger partial charge is 0.412 e. The quantitative estimate of drug-likeness (QED) is 0.375. The van der Waals surface area contributed by atoms with Crippen molar-refractivity contribution in [3.63, 3.8) is 0 Å². The molecule has 0 aliphatic rings. The molecule has 6 heteroatoms. The van der Waals surface area contributed by atoms with Crippen molar-refractivity contribution in [3.05, 3.63) is 24.3 Å². The van der Waals surface area contributed by atoms with Gasteiger partial charge in [0, 0.05) is 13.2 Å². The lowest BCUT2D eigenvalue weighted by atomic mass is 10.2. The van der Waals surface area contributed by atoms with Gasteiger partial charge in [0.2, 0.25) is 0 Å². The number of nitrogens with zero attached hydrogens (tertiary/aromatic N) is 1. The minimum Gasteiger partial charge on any atom is -0.491 e. The topological polar surface area (TPSA) is 60.0 Å². The Kier molecular flexibility index (Phi) is 14.0. The Morgan fingerprint density at radius 2 is 1.72 bits per heavy atom. The molecule has 29 heavy (non-hydrogen) atoms. The maximum Gasteiger partial charge on any atom is 0.412 e. The Morgan fingerprint density at radius 1 is 1.00 bits per heavy atom. The fraction of sp³-hybridized carbons (Fsp3) is 0.696. The van der Waals surface area contributed by atoms with E-state index in [2.05, 4.69) is 37.9 Å². The van der Waals surface area contributed by atoms with Gasteiger partial charge in [0.05, 0.1) is 18.9 Å². The van der Waals surface area contributed by atoms with Crippen molar-refractivity contribution in [1.82, 2.24) is 4.90 Å². The van der Waals surface area contributed by atoms with Gasteiger partial charge in [-0.3, -0.25) is 5.32 Å². The van der Waals surface area contributed by atoms with Crippen LogP contribution in [0.15, 0.2) is 24.3 Å². The van der Waals surface area contributed by atoms with Crippen LogP contribution in [-0.2, 0) is 9.47 Å². The average molecular weight is 409 g/mol. The van der Waals surface area contributed by atoms with Crippen LogP contribution in [-0.4, -0.2) is 56.6 Å². The second-order valence-electron chi connectivity index (χ2n) is 7.12. The van der Waals surface area contributed by atoms with E-state index in [1.54, 1.807) is 0 Å². The third-order valence-electron chi connectivity index (χ3n) is 4.71. The van der Waals surface area contributed by atoms with E-state index in [1.165, 1.54) is 0 Å². The maximum absolute atomic E-state index is 12.5. The number of hydrogen-bond donors (Lipinski definition) is 1. The highest BCUT2D eigenvalue weighted by molar-refractivity contribution is 5.86. The van der Waals surface area contributed by atoms with Crippen LogP contribution in [0.4, 0.5) is 10.5 Å². The maximum atomic E-state index is 12.5. The summed E-state index contributed by atoms with van der Waals surface area (Å²) in [5.41, 5.74) is 0.627. The molecule has 1 N–H and O–H groups in total. The molecular weight excluding hydrogens is 368 g/mol. The molecule has 0 heterocycles. The number of amides is 1. The standard InChI is InChI=1S/C23H40N2O4/c1-5-9-13-17-28-22-15-12-11-14-21(22)24-23(26)29-20(18-25(7-3)8-4)19-27-16-10-6-2/h11-12,14-15,20H,5-10,13,16-19H2,1-4H3,(H,24,26). The van der Waals surface area contributed by atoms with Gasteiger partial charge in [-0.25, -0.2) is 4.79 Å². The third kappa shape index (κ3) is 11.1. The van der Waals surface area contributed by atoms with E-state index in [0.717, 1.165) is 45.2 Å². The number of likely N-dealkylation sites (N-methyl/N-ethyl adjacent to an activating group) is 1. The molecule has 166 valence electrons. The van der Waals surface area contributed by atoms with Gasteiger partial charge in [-0.1, -0.05) is 59.1 Å². The Bertz CT molecular complexity index is 549. The van der Waals surface area contributed by atoms with Crippen molar-refractivity contribution < 1.29 is 19.0 Å². The summed E-state index contributed by atoms with van der Waals surface area (Å²) in [6.45, 7) is 12.7. The first-order valence-electron chi connectivity index (χ1n) is 11.1. The fourth-order valence-electron chi connectivity index (χ4n) is 2.88. The van der Waals surface area contributed by atoms with Gasteiger partial charge >= 0.3 is 6.09 Å². The summed E-state index contributed by atoms with van der Waals surface area (Å²) in [4.78, 5) is 14.8. The first kappa shape index (κ1) is 25.2. The largest absolute Gasteiger partial charge is 0.491 e.